The summed E-state index contributed by atoms with van der Waals surface area (Å²) in [6, 6.07) is 33.4. The molecule has 2 heterocycles. The zero-order valence-electron chi connectivity index (χ0n) is 16.6. The summed E-state index contributed by atoms with van der Waals surface area (Å²) in [6.45, 7) is 0. The fraction of sp³-hybridized carbons (Fsp3) is 0. The molecule has 0 atom stereocenters. The van der Waals surface area contributed by atoms with Crippen molar-refractivity contribution in [3.05, 3.63) is 115 Å². The number of hydrogen-bond donors (Lipinski definition) is 0. The normalized spacial score (nSPS) is 12.4. The minimum atomic E-state index is 0.851. The summed E-state index contributed by atoms with van der Waals surface area (Å²) in [7, 11) is 0. The Morgan fingerprint density at radius 1 is 0.484 bits per heavy atom. The number of furan rings is 2. The molecule has 0 N–H and O–H groups in total. The summed E-state index contributed by atoms with van der Waals surface area (Å²) < 4.78 is 12.6. The first kappa shape index (κ1) is 16.7. The minimum Gasteiger partial charge on any atom is -0.456 e. The Balaban J connectivity index is 1.54. The maximum absolute atomic E-state index is 6.35. The maximum Gasteiger partial charge on any atom is 0.136 e. The molecule has 0 amide bonds. The van der Waals surface area contributed by atoms with E-state index in [1.54, 1.807) is 0 Å². The molecule has 0 saturated carbocycles. The third-order valence-corrected chi connectivity index (χ3v) is 6.16. The van der Waals surface area contributed by atoms with Crippen LogP contribution in [0.4, 0.5) is 0 Å². The van der Waals surface area contributed by atoms with Crippen molar-refractivity contribution in [2.45, 2.75) is 0 Å². The number of benzene rings is 4. The van der Waals surface area contributed by atoms with Gasteiger partial charge in [0.15, 0.2) is 0 Å². The maximum atomic E-state index is 6.35. The van der Waals surface area contributed by atoms with E-state index in [2.05, 4.69) is 67.1 Å². The molecule has 1 aliphatic rings. The Morgan fingerprint density at radius 2 is 1.10 bits per heavy atom. The van der Waals surface area contributed by atoms with Crippen LogP contribution >= 0.6 is 0 Å². The van der Waals surface area contributed by atoms with Gasteiger partial charge in [0.2, 0.25) is 0 Å². The fourth-order valence-electron chi connectivity index (χ4n) is 4.72. The quantitative estimate of drug-likeness (QED) is 0.295. The van der Waals surface area contributed by atoms with E-state index >= 15 is 0 Å². The van der Waals surface area contributed by atoms with Gasteiger partial charge in [-0.2, -0.15) is 0 Å². The van der Waals surface area contributed by atoms with Crippen LogP contribution in [0.5, 0.6) is 0 Å². The van der Waals surface area contributed by atoms with E-state index in [4.69, 9.17) is 8.83 Å². The van der Waals surface area contributed by atoms with Crippen LogP contribution in [0.25, 0.3) is 55.7 Å². The first-order chi connectivity index (χ1) is 15.3. The summed E-state index contributed by atoms with van der Waals surface area (Å²) in [5.41, 5.74) is 8.79. The fourth-order valence-corrected chi connectivity index (χ4v) is 4.72. The summed E-state index contributed by atoms with van der Waals surface area (Å²) in [6.07, 6.45) is 2.26. The van der Waals surface area contributed by atoms with Crippen LogP contribution < -0.4 is 0 Å². The molecule has 2 nitrogen and oxygen atoms in total. The average Bonchev–Trinajstić information content (AvgIpc) is 3.52. The lowest BCUT2D eigenvalue weighted by Crippen LogP contribution is -1.90. The molecule has 31 heavy (non-hydrogen) atoms. The molecule has 0 aliphatic heterocycles. The van der Waals surface area contributed by atoms with Gasteiger partial charge in [0, 0.05) is 28.3 Å². The summed E-state index contributed by atoms with van der Waals surface area (Å²) in [5.74, 6) is 1.71. The van der Waals surface area contributed by atoms with Gasteiger partial charge in [0.25, 0.3) is 0 Å². The van der Waals surface area contributed by atoms with Crippen LogP contribution in [-0.4, -0.2) is 0 Å². The van der Waals surface area contributed by atoms with Gasteiger partial charge >= 0.3 is 0 Å². The van der Waals surface area contributed by atoms with Gasteiger partial charge in [-0.25, -0.2) is 0 Å². The second kappa shape index (κ2) is 6.23. The second-order valence-electron chi connectivity index (χ2n) is 7.98. The Bertz CT molecular complexity index is 1550. The number of fused-ring (bicyclic) bond motifs is 5. The van der Waals surface area contributed by atoms with Crippen molar-refractivity contribution in [3.63, 3.8) is 0 Å². The lowest BCUT2D eigenvalue weighted by Gasteiger charge is -2.11. The first-order valence-electron chi connectivity index (χ1n) is 10.4. The number of hydrogen-bond acceptors (Lipinski definition) is 2. The third-order valence-electron chi connectivity index (χ3n) is 6.16. The molecule has 1 aliphatic carbocycles. The lowest BCUT2D eigenvalue weighted by molar-refractivity contribution is 0.623. The van der Waals surface area contributed by atoms with E-state index < -0.39 is 0 Å². The minimum absolute atomic E-state index is 0.851. The van der Waals surface area contributed by atoms with Gasteiger partial charge in [0.05, 0.1) is 0 Å². The summed E-state index contributed by atoms with van der Waals surface area (Å²) in [4.78, 5) is 0. The van der Waals surface area contributed by atoms with E-state index in [0.29, 0.717) is 0 Å². The molecular weight excluding hydrogens is 380 g/mol. The largest absolute Gasteiger partial charge is 0.456 e. The molecule has 0 bridgehead atoms. The Kier molecular flexibility index (Phi) is 3.36. The predicted octanol–water partition coefficient (Wildman–Crippen LogP) is 8.09. The molecule has 7 rings (SSSR count). The molecular formula is C29H17O2. The molecule has 4 aromatic carbocycles. The summed E-state index contributed by atoms with van der Waals surface area (Å²) >= 11 is 0. The van der Waals surface area contributed by atoms with Crippen LogP contribution in [0.3, 0.4) is 0 Å². The van der Waals surface area contributed by atoms with E-state index in [0.717, 1.165) is 44.6 Å². The number of para-hydroxylation sites is 2. The van der Waals surface area contributed by atoms with E-state index in [1.165, 1.54) is 22.3 Å². The van der Waals surface area contributed by atoms with Crippen molar-refractivity contribution < 1.29 is 8.83 Å². The van der Waals surface area contributed by atoms with Crippen molar-refractivity contribution in [1.29, 1.82) is 0 Å². The SMILES string of the molecule is [CH]1c2ccccc2-c2ccc(-c3cc4ccccc4o3)c(-c3cc4ccccc4o3)c21. The van der Waals surface area contributed by atoms with Crippen LogP contribution in [0.1, 0.15) is 11.1 Å². The molecule has 0 saturated heterocycles. The lowest BCUT2D eigenvalue weighted by atomic mass is 9.93. The average molecular weight is 397 g/mol. The highest BCUT2D eigenvalue weighted by Gasteiger charge is 2.27. The Hall–Kier alpha value is -4.04. The van der Waals surface area contributed by atoms with Crippen LogP contribution in [0.2, 0.25) is 0 Å². The zero-order valence-corrected chi connectivity index (χ0v) is 16.6. The van der Waals surface area contributed by atoms with E-state index in [-0.39, 0.29) is 0 Å². The highest BCUT2D eigenvalue weighted by atomic mass is 16.3. The van der Waals surface area contributed by atoms with Gasteiger partial charge in [-0.3, -0.25) is 0 Å². The van der Waals surface area contributed by atoms with Gasteiger partial charge in [-0.05, 0) is 52.6 Å². The van der Waals surface area contributed by atoms with Gasteiger partial charge in [-0.15, -0.1) is 0 Å². The van der Waals surface area contributed by atoms with Crippen molar-refractivity contribution in [3.8, 4) is 33.8 Å². The standard InChI is InChI=1S/C29H17O2/c1-4-10-21-18(7-1)15-24-22(21)13-14-23(27-16-19-8-2-5-11-25(19)30-27)29(24)28-17-20-9-3-6-12-26(20)31-28/h1-17H. The van der Waals surface area contributed by atoms with E-state index in [1.807, 2.05) is 36.4 Å². The molecule has 0 fully saturated rings. The van der Waals surface area contributed by atoms with Crippen molar-refractivity contribution in [2.24, 2.45) is 0 Å². The molecule has 2 aromatic heterocycles. The predicted molar refractivity (Wildman–Crippen MR) is 125 cm³/mol. The summed E-state index contributed by atoms with van der Waals surface area (Å²) in [5, 5.41) is 2.20. The van der Waals surface area contributed by atoms with Crippen LogP contribution in [0.15, 0.2) is 106 Å². The van der Waals surface area contributed by atoms with Crippen LogP contribution in [-0.2, 0) is 0 Å². The Labute approximate surface area is 179 Å². The van der Waals surface area contributed by atoms with Gasteiger partial charge in [0.1, 0.15) is 22.7 Å². The number of rotatable bonds is 2. The van der Waals surface area contributed by atoms with Gasteiger partial charge in [-0.1, -0.05) is 66.7 Å². The Morgan fingerprint density at radius 3 is 1.87 bits per heavy atom. The van der Waals surface area contributed by atoms with Crippen molar-refractivity contribution in [1.82, 2.24) is 0 Å². The van der Waals surface area contributed by atoms with Crippen molar-refractivity contribution in [2.75, 3.05) is 0 Å². The monoisotopic (exact) mass is 397 g/mol. The third kappa shape index (κ3) is 2.45. The highest BCUT2D eigenvalue weighted by molar-refractivity contribution is 5.97. The molecule has 6 aromatic rings. The molecule has 2 heteroatoms. The topological polar surface area (TPSA) is 26.3 Å². The zero-order chi connectivity index (χ0) is 20.4. The van der Waals surface area contributed by atoms with Crippen molar-refractivity contribution >= 4 is 21.9 Å². The molecule has 1 radical (unpaired) electrons. The van der Waals surface area contributed by atoms with Gasteiger partial charge < -0.3 is 8.83 Å². The van der Waals surface area contributed by atoms with Crippen LogP contribution in [0, 0.1) is 6.42 Å². The first-order valence-corrected chi connectivity index (χ1v) is 10.4. The highest BCUT2D eigenvalue weighted by Crippen LogP contribution is 2.48. The van der Waals surface area contributed by atoms with E-state index in [9.17, 15) is 0 Å². The molecule has 145 valence electrons. The second-order valence-corrected chi connectivity index (χ2v) is 7.98. The smallest absolute Gasteiger partial charge is 0.136 e. The molecule has 0 spiro atoms. The molecule has 0 unspecified atom stereocenters.